The summed E-state index contributed by atoms with van der Waals surface area (Å²) in [4.78, 5) is 27.6. The van der Waals surface area contributed by atoms with Gasteiger partial charge in [0.25, 0.3) is 0 Å². The lowest BCUT2D eigenvalue weighted by atomic mass is 10.1. The Balaban J connectivity index is 0. The van der Waals surface area contributed by atoms with Gasteiger partial charge in [0.05, 0.1) is 13.1 Å². The maximum absolute atomic E-state index is 12.3. The number of hydrogen-bond acceptors (Lipinski definition) is 8. The lowest BCUT2D eigenvalue weighted by molar-refractivity contribution is -0.182. The summed E-state index contributed by atoms with van der Waals surface area (Å²) in [7, 11) is 0. The summed E-state index contributed by atoms with van der Waals surface area (Å²) in [6.07, 6.45) is 0.577. The van der Waals surface area contributed by atoms with Crippen LogP contribution < -0.4 is 10.6 Å². The zero-order chi connectivity index (χ0) is 22.4. The SMILES string of the molecule is C=NCCNC(O)(CCCNCC(=O)OC(C)(C)C)C(=O)OC(C)(C)C.CC. The molecular formula is C20H41N3O5. The van der Waals surface area contributed by atoms with Gasteiger partial charge in [0.15, 0.2) is 0 Å². The maximum Gasteiger partial charge on any atom is 0.354 e. The van der Waals surface area contributed by atoms with Crippen molar-refractivity contribution in [2.75, 3.05) is 26.2 Å². The van der Waals surface area contributed by atoms with Crippen molar-refractivity contribution in [2.45, 2.75) is 85.2 Å². The van der Waals surface area contributed by atoms with Crippen molar-refractivity contribution >= 4 is 18.7 Å². The molecule has 3 N–H and O–H groups in total. The molecule has 8 heteroatoms. The first-order valence-electron chi connectivity index (χ1n) is 9.85. The van der Waals surface area contributed by atoms with Crippen molar-refractivity contribution in [2.24, 2.45) is 4.99 Å². The van der Waals surface area contributed by atoms with E-state index in [4.69, 9.17) is 9.47 Å². The summed E-state index contributed by atoms with van der Waals surface area (Å²) < 4.78 is 10.5. The summed E-state index contributed by atoms with van der Waals surface area (Å²) in [5.74, 6) is -1.09. The molecule has 0 heterocycles. The van der Waals surface area contributed by atoms with Crippen LogP contribution in [-0.2, 0) is 19.1 Å². The third kappa shape index (κ3) is 15.5. The second-order valence-corrected chi connectivity index (χ2v) is 8.10. The molecule has 0 amide bonds. The molecule has 8 nitrogen and oxygen atoms in total. The van der Waals surface area contributed by atoms with E-state index >= 15 is 0 Å². The predicted octanol–water partition coefficient (Wildman–Crippen LogP) is 2.04. The Morgan fingerprint density at radius 3 is 2.00 bits per heavy atom. The van der Waals surface area contributed by atoms with Gasteiger partial charge in [-0.15, -0.1) is 0 Å². The zero-order valence-corrected chi connectivity index (χ0v) is 19.0. The van der Waals surface area contributed by atoms with E-state index in [0.717, 1.165) is 0 Å². The Hall–Kier alpha value is -1.51. The zero-order valence-electron chi connectivity index (χ0n) is 19.0. The number of nitrogens with zero attached hydrogens (tertiary/aromatic N) is 1. The van der Waals surface area contributed by atoms with Gasteiger partial charge in [-0.05, 0) is 61.2 Å². The van der Waals surface area contributed by atoms with Crippen LogP contribution in [0.5, 0.6) is 0 Å². The molecule has 0 spiro atoms. The molecule has 0 bridgehead atoms. The van der Waals surface area contributed by atoms with Crippen molar-refractivity contribution in [3.63, 3.8) is 0 Å². The first-order valence-corrected chi connectivity index (χ1v) is 9.85. The number of esters is 2. The van der Waals surface area contributed by atoms with Crippen LogP contribution in [0.4, 0.5) is 0 Å². The van der Waals surface area contributed by atoms with Gasteiger partial charge >= 0.3 is 11.9 Å². The fraction of sp³-hybridized carbons (Fsp3) is 0.850. The molecule has 0 saturated carbocycles. The molecule has 28 heavy (non-hydrogen) atoms. The highest BCUT2D eigenvalue weighted by atomic mass is 16.6. The number of rotatable bonds is 11. The molecule has 0 rings (SSSR count). The Morgan fingerprint density at radius 1 is 1.00 bits per heavy atom. The first kappa shape index (κ1) is 28.7. The van der Waals surface area contributed by atoms with E-state index < -0.39 is 22.9 Å². The molecule has 0 aliphatic rings. The van der Waals surface area contributed by atoms with Crippen LogP contribution in [0.3, 0.4) is 0 Å². The Kier molecular flexibility index (Phi) is 14.0. The smallest absolute Gasteiger partial charge is 0.354 e. The van der Waals surface area contributed by atoms with Crippen LogP contribution in [0.2, 0.25) is 0 Å². The second kappa shape index (κ2) is 13.6. The number of ether oxygens (including phenoxy) is 2. The highest BCUT2D eigenvalue weighted by Crippen LogP contribution is 2.17. The van der Waals surface area contributed by atoms with Crippen molar-refractivity contribution in [1.82, 2.24) is 10.6 Å². The fourth-order valence-corrected chi connectivity index (χ4v) is 2.00. The fourth-order valence-electron chi connectivity index (χ4n) is 2.00. The second-order valence-electron chi connectivity index (χ2n) is 8.10. The van der Waals surface area contributed by atoms with E-state index in [2.05, 4.69) is 22.3 Å². The van der Waals surface area contributed by atoms with Gasteiger partial charge in [0.1, 0.15) is 11.2 Å². The molecule has 0 aliphatic heterocycles. The number of aliphatic imine (C=N–C) groups is 1. The third-order valence-electron chi connectivity index (χ3n) is 3.01. The average molecular weight is 404 g/mol. The van der Waals surface area contributed by atoms with Gasteiger partial charge in [0, 0.05) is 13.0 Å². The van der Waals surface area contributed by atoms with E-state index in [1.807, 2.05) is 13.8 Å². The largest absolute Gasteiger partial charge is 0.459 e. The molecule has 0 aromatic carbocycles. The molecule has 166 valence electrons. The minimum Gasteiger partial charge on any atom is -0.459 e. The number of carbonyl (C=O) groups excluding carboxylic acids is 2. The van der Waals surface area contributed by atoms with Gasteiger partial charge in [0.2, 0.25) is 5.72 Å². The van der Waals surface area contributed by atoms with Gasteiger partial charge in [-0.1, -0.05) is 13.8 Å². The van der Waals surface area contributed by atoms with Crippen LogP contribution in [0.25, 0.3) is 0 Å². The molecule has 0 fully saturated rings. The van der Waals surface area contributed by atoms with Gasteiger partial charge in [-0.3, -0.25) is 15.1 Å². The predicted molar refractivity (Wildman–Crippen MR) is 113 cm³/mol. The molecule has 0 radical (unpaired) electrons. The van der Waals surface area contributed by atoms with Crippen molar-refractivity contribution in [3.8, 4) is 0 Å². The monoisotopic (exact) mass is 403 g/mol. The average Bonchev–Trinajstić information content (AvgIpc) is 2.53. The topological polar surface area (TPSA) is 109 Å². The van der Waals surface area contributed by atoms with Crippen molar-refractivity contribution in [1.29, 1.82) is 0 Å². The number of nitrogens with one attached hydrogen (secondary N) is 2. The van der Waals surface area contributed by atoms with Crippen molar-refractivity contribution in [3.05, 3.63) is 0 Å². The van der Waals surface area contributed by atoms with E-state index in [1.165, 1.54) is 0 Å². The van der Waals surface area contributed by atoms with Gasteiger partial charge in [-0.2, -0.15) is 0 Å². The van der Waals surface area contributed by atoms with Gasteiger partial charge < -0.3 is 19.9 Å². The van der Waals surface area contributed by atoms with E-state index in [1.54, 1.807) is 41.5 Å². The van der Waals surface area contributed by atoms with E-state index in [0.29, 0.717) is 26.1 Å². The highest BCUT2D eigenvalue weighted by Gasteiger charge is 2.38. The maximum atomic E-state index is 12.3. The lowest BCUT2D eigenvalue weighted by Crippen LogP contribution is -2.55. The molecule has 1 atom stereocenters. The number of carbonyl (C=O) groups is 2. The minimum absolute atomic E-state index is 0.0654. The Bertz CT molecular complexity index is 469. The third-order valence-corrected chi connectivity index (χ3v) is 3.01. The molecule has 1 unspecified atom stereocenters. The summed E-state index contributed by atoms with van der Waals surface area (Å²) in [6.45, 7) is 19.1. The number of hydrogen-bond donors (Lipinski definition) is 3. The Morgan fingerprint density at radius 2 is 1.54 bits per heavy atom. The molecule has 0 aromatic rings. The number of aliphatic hydroxyl groups is 1. The van der Waals surface area contributed by atoms with Gasteiger partial charge in [-0.25, -0.2) is 4.79 Å². The van der Waals surface area contributed by atoms with Crippen LogP contribution in [0, 0.1) is 0 Å². The van der Waals surface area contributed by atoms with Crippen LogP contribution >= 0.6 is 0 Å². The summed E-state index contributed by atoms with van der Waals surface area (Å²) in [5.41, 5.74) is -3.05. The van der Waals surface area contributed by atoms with Crippen molar-refractivity contribution < 1.29 is 24.2 Å². The highest BCUT2D eigenvalue weighted by molar-refractivity contribution is 5.79. The molecule has 0 saturated heterocycles. The minimum atomic E-state index is -1.81. The van der Waals surface area contributed by atoms with E-state index in [-0.39, 0.29) is 18.9 Å². The molecular weight excluding hydrogens is 362 g/mol. The van der Waals surface area contributed by atoms with E-state index in [9.17, 15) is 14.7 Å². The lowest BCUT2D eigenvalue weighted by Gasteiger charge is -2.31. The standard InChI is InChI=1S/C18H35N3O5.C2H6/c1-16(2,3)25-14(22)13-20-10-8-9-18(24,21-12-11-19-7)15(23)26-17(4,5)6;1-2/h20-21,24H,7-13H2,1-6H3;1-2H3. The molecule has 0 aliphatic carbocycles. The van der Waals surface area contributed by atoms with Crippen LogP contribution in [0.15, 0.2) is 4.99 Å². The Labute approximate surface area is 170 Å². The summed E-state index contributed by atoms with van der Waals surface area (Å²) in [6, 6.07) is 0. The summed E-state index contributed by atoms with van der Waals surface area (Å²) in [5, 5.41) is 16.4. The van der Waals surface area contributed by atoms with Crippen LogP contribution in [-0.4, -0.2) is 66.9 Å². The summed E-state index contributed by atoms with van der Waals surface area (Å²) >= 11 is 0. The molecule has 0 aromatic heterocycles. The first-order chi connectivity index (χ1) is 12.8. The normalized spacial score (nSPS) is 13.6. The quantitative estimate of drug-likeness (QED) is 0.210. The van der Waals surface area contributed by atoms with Crippen LogP contribution in [0.1, 0.15) is 68.2 Å².